The molecule has 3 nitrogen and oxygen atoms in total. The second kappa shape index (κ2) is 7.58. The molecule has 0 unspecified atom stereocenters. The third-order valence-corrected chi connectivity index (χ3v) is 3.60. The Morgan fingerprint density at radius 2 is 1.90 bits per heavy atom. The predicted octanol–water partition coefficient (Wildman–Crippen LogP) is 3.87. The van der Waals surface area contributed by atoms with Crippen LogP contribution in [-0.4, -0.2) is 16.5 Å². The quantitative estimate of drug-likeness (QED) is 0.823. The molecule has 0 amide bonds. The first kappa shape index (κ1) is 15.2. The van der Waals surface area contributed by atoms with Crippen molar-refractivity contribution in [1.82, 2.24) is 15.3 Å². The highest BCUT2D eigenvalue weighted by atomic mass is 35.5. The molecule has 1 aromatic heterocycles. The fraction of sp³-hybridized carbons (Fsp3) is 0.333. The van der Waals surface area contributed by atoms with Crippen molar-refractivity contribution in [3.63, 3.8) is 0 Å². The molecule has 0 fully saturated rings. The zero-order chi connectivity index (χ0) is 14.4. The monoisotopic (exact) mass is 309 g/mol. The molecule has 0 bridgehead atoms. The Morgan fingerprint density at radius 1 is 1.15 bits per heavy atom. The summed E-state index contributed by atoms with van der Waals surface area (Å²) in [7, 11) is 0. The average Bonchev–Trinajstić information content (AvgIpc) is 2.44. The normalized spacial score (nSPS) is 10.8. The second-order valence-electron chi connectivity index (χ2n) is 4.52. The Morgan fingerprint density at radius 3 is 2.60 bits per heavy atom. The lowest BCUT2D eigenvalue weighted by molar-refractivity contribution is 0.659. The van der Waals surface area contributed by atoms with Gasteiger partial charge in [0, 0.05) is 29.2 Å². The molecular formula is C15H17Cl2N3. The molecule has 1 aromatic carbocycles. The van der Waals surface area contributed by atoms with Gasteiger partial charge in [-0.1, -0.05) is 36.2 Å². The van der Waals surface area contributed by atoms with Gasteiger partial charge in [0.25, 0.3) is 0 Å². The zero-order valence-corrected chi connectivity index (χ0v) is 12.9. The van der Waals surface area contributed by atoms with Crippen molar-refractivity contribution in [3.05, 3.63) is 57.6 Å². The lowest BCUT2D eigenvalue weighted by Crippen LogP contribution is -2.15. The van der Waals surface area contributed by atoms with Gasteiger partial charge >= 0.3 is 0 Å². The first-order valence-electron chi connectivity index (χ1n) is 6.65. The molecule has 20 heavy (non-hydrogen) atoms. The van der Waals surface area contributed by atoms with Crippen LogP contribution < -0.4 is 5.32 Å². The molecule has 0 radical (unpaired) electrons. The minimum absolute atomic E-state index is 0.542. The van der Waals surface area contributed by atoms with Gasteiger partial charge in [-0.2, -0.15) is 0 Å². The molecular weight excluding hydrogens is 293 g/mol. The van der Waals surface area contributed by atoms with Gasteiger partial charge < -0.3 is 5.32 Å². The van der Waals surface area contributed by atoms with Gasteiger partial charge in [-0.05, 0) is 36.7 Å². The lowest BCUT2D eigenvalue weighted by Gasteiger charge is -2.07. The summed E-state index contributed by atoms with van der Waals surface area (Å²) in [5.41, 5.74) is 1.85. The van der Waals surface area contributed by atoms with E-state index in [-0.39, 0.29) is 0 Å². The van der Waals surface area contributed by atoms with E-state index in [1.54, 1.807) is 6.20 Å². The van der Waals surface area contributed by atoms with Crippen molar-refractivity contribution in [2.75, 3.05) is 6.54 Å². The number of halogens is 2. The Labute approximate surface area is 129 Å². The summed E-state index contributed by atoms with van der Waals surface area (Å²) in [5, 5.41) is 4.62. The van der Waals surface area contributed by atoms with E-state index >= 15 is 0 Å². The molecule has 1 heterocycles. The molecule has 106 valence electrons. The van der Waals surface area contributed by atoms with Crippen LogP contribution in [0.4, 0.5) is 0 Å². The first-order chi connectivity index (χ1) is 9.70. The second-order valence-corrected chi connectivity index (χ2v) is 5.33. The van der Waals surface area contributed by atoms with Crippen LogP contribution in [0.3, 0.4) is 0 Å². The maximum atomic E-state index is 6.17. The average molecular weight is 310 g/mol. The van der Waals surface area contributed by atoms with E-state index in [1.807, 2.05) is 24.3 Å². The fourth-order valence-electron chi connectivity index (χ4n) is 1.88. The number of aromatic nitrogens is 2. The van der Waals surface area contributed by atoms with Crippen molar-refractivity contribution in [2.24, 2.45) is 0 Å². The van der Waals surface area contributed by atoms with Gasteiger partial charge in [0.05, 0.1) is 5.69 Å². The summed E-state index contributed by atoms with van der Waals surface area (Å²) in [5.74, 6) is 0.732. The number of nitrogens with one attached hydrogen (secondary N) is 1. The predicted molar refractivity (Wildman–Crippen MR) is 83.3 cm³/mol. The van der Waals surface area contributed by atoms with Gasteiger partial charge in [0.1, 0.15) is 5.82 Å². The molecule has 5 heteroatoms. The van der Waals surface area contributed by atoms with Crippen molar-refractivity contribution in [1.29, 1.82) is 0 Å². The van der Waals surface area contributed by atoms with Gasteiger partial charge in [0.2, 0.25) is 0 Å². The SMILES string of the molecule is CCCNCc1ccnc(Cc2c(Cl)cccc2Cl)n1. The fourth-order valence-corrected chi connectivity index (χ4v) is 2.41. The number of nitrogens with zero attached hydrogens (tertiary/aromatic N) is 2. The van der Waals surface area contributed by atoms with E-state index in [2.05, 4.69) is 22.2 Å². The van der Waals surface area contributed by atoms with E-state index in [0.717, 1.165) is 36.6 Å². The minimum atomic E-state index is 0.542. The van der Waals surface area contributed by atoms with Crippen LogP contribution in [0.25, 0.3) is 0 Å². The molecule has 1 N–H and O–H groups in total. The third kappa shape index (κ3) is 4.17. The summed E-state index contributed by atoms with van der Waals surface area (Å²) in [6.45, 7) is 3.87. The molecule has 0 aliphatic carbocycles. The molecule has 0 atom stereocenters. The van der Waals surface area contributed by atoms with Gasteiger partial charge in [-0.15, -0.1) is 0 Å². The van der Waals surface area contributed by atoms with Gasteiger partial charge in [0.15, 0.2) is 0 Å². The third-order valence-electron chi connectivity index (χ3n) is 2.89. The van der Waals surface area contributed by atoms with E-state index in [9.17, 15) is 0 Å². The summed E-state index contributed by atoms with van der Waals surface area (Å²) in [6, 6.07) is 7.41. The van der Waals surface area contributed by atoms with Gasteiger partial charge in [-0.25, -0.2) is 9.97 Å². The van der Waals surface area contributed by atoms with E-state index in [4.69, 9.17) is 23.2 Å². The zero-order valence-electron chi connectivity index (χ0n) is 11.4. The Bertz CT molecular complexity index is 553. The Kier molecular flexibility index (Phi) is 5.77. The number of hydrogen-bond donors (Lipinski definition) is 1. The lowest BCUT2D eigenvalue weighted by atomic mass is 10.1. The highest BCUT2D eigenvalue weighted by molar-refractivity contribution is 6.36. The molecule has 0 spiro atoms. The van der Waals surface area contributed by atoms with Crippen molar-refractivity contribution in [3.8, 4) is 0 Å². The van der Waals surface area contributed by atoms with Crippen LogP contribution in [0.2, 0.25) is 10.0 Å². The maximum Gasteiger partial charge on any atom is 0.133 e. The Hall–Kier alpha value is -1.16. The topological polar surface area (TPSA) is 37.8 Å². The van der Waals surface area contributed by atoms with E-state index < -0.39 is 0 Å². The van der Waals surface area contributed by atoms with Crippen molar-refractivity contribution >= 4 is 23.2 Å². The van der Waals surface area contributed by atoms with Crippen LogP contribution in [0.15, 0.2) is 30.5 Å². The molecule has 0 saturated heterocycles. The number of benzene rings is 1. The summed E-state index contributed by atoms with van der Waals surface area (Å²) in [6.07, 6.45) is 3.42. The standard InChI is InChI=1S/C15H17Cl2N3/c1-2-7-18-10-11-6-8-19-15(20-11)9-12-13(16)4-3-5-14(12)17/h3-6,8,18H,2,7,9-10H2,1H3. The molecule has 0 aliphatic rings. The number of rotatable bonds is 6. The van der Waals surface area contributed by atoms with Crippen LogP contribution in [0.1, 0.15) is 30.4 Å². The van der Waals surface area contributed by atoms with Crippen LogP contribution >= 0.6 is 23.2 Å². The summed E-state index contributed by atoms with van der Waals surface area (Å²) in [4.78, 5) is 8.82. The summed E-state index contributed by atoms with van der Waals surface area (Å²) < 4.78 is 0. The molecule has 2 aromatic rings. The van der Waals surface area contributed by atoms with Crippen molar-refractivity contribution in [2.45, 2.75) is 26.3 Å². The van der Waals surface area contributed by atoms with E-state index in [0.29, 0.717) is 16.5 Å². The van der Waals surface area contributed by atoms with Crippen molar-refractivity contribution < 1.29 is 0 Å². The molecule has 0 saturated carbocycles. The minimum Gasteiger partial charge on any atom is -0.311 e. The van der Waals surface area contributed by atoms with Crippen LogP contribution in [-0.2, 0) is 13.0 Å². The van der Waals surface area contributed by atoms with Crippen LogP contribution in [0.5, 0.6) is 0 Å². The smallest absolute Gasteiger partial charge is 0.133 e. The van der Waals surface area contributed by atoms with Crippen LogP contribution in [0, 0.1) is 0 Å². The summed E-state index contributed by atoms with van der Waals surface area (Å²) >= 11 is 12.3. The largest absolute Gasteiger partial charge is 0.311 e. The number of hydrogen-bond acceptors (Lipinski definition) is 3. The Balaban J connectivity index is 2.11. The molecule has 0 aliphatic heterocycles. The first-order valence-corrected chi connectivity index (χ1v) is 7.40. The highest BCUT2D eigenvalue weighted by Crippen LogP contribution is 2.25. The molecule has 2 rings (SSSR count). The van der Waals surface area contributed by atoms with Gasteiger partial charge in [-0.3, -0.25) is 0 Å². The highest BCUT2D eigenvalue weighted by Gasteiger charge is 2.08. The van der Waals surface area contributed by atoms with E-state index in [1.165, 1.54) is 0 Å². The maximum absolute atomic E-state index is 6.17.